The number of nitrogens with zero attached hydrogens (tertiary/aromatic N) is 1. The summed E-state index contributed by atoms with van der Waals surface area (Å²) in [5, 5.41) is 14.0. The van der Waals surface area contributed by atoms with Gasteiger partial charge in [-0.15, -0.1) is 0 Å². The van der Waals surface area contributed by atoms with Crippen molar-refractivity contribution in [3.05, 3.63) is 106 Å². The molecule has 3 aromatic rings. The van der Waals surface area contributed by atoms with Crippen LogP contribution in [0.5, 0.6) is 5.75 Å². The van der Waals surface area contributed by atoms with Crippen LogP contribution in [-0.2, 0) is 11.2 Å². The minimum Gasteiger partial charge on any atom is -0.497 e. The molecule has 6 heteroatoms. The topological polar surface area (TPSA) is 81.5 Å². The highest BCUT2D eigenvalue weighted by Crippen LogP contribution is 2.21. The Hall–Kier alpha value is -3.93. The second kappa shape index (κ2) is 10.0. The molecule has 1 amide bonds. The summed E-state index contributed by atoms with van der Waals surface area (Å²) in [4.78, 5) is 23.5. The Bertz CT molecular complexity index is 1040. The first-order chi connectivity index (χ1) is 14.6. The zero-order valence-electron chi connectivity index (χ0n) is 16.6. The van der Waals surface area contributed by atoms with Crippen molar-refractivity contribution in [3.8, 4) is 5.75 Å². The maximum absolute atomic E-state index is 12.9. The first-order valence-corrected chi connectivity index (χ1v) is 9.49. The summed E-state index contributed by atoms with van der Waals surface area (Å²) < 4.78 is 5.15. The van der Waals surface area contributed by atoms with Crippen LogP contribution in [0.15, 0.2) is 78.9 Å². The van der Waals surface area contributed by atoms with E-state index in [0.29, 0.717) is 24.1 Å². The summed E-state index contributed by atoms with van der Waals surface area (Å²) in [6.07, 6.45) is 2.35. The number of hydrogen-bond acceptors (Lipinski definition) is 4. The molecule has 0 aliphatic heterocycles. The molecule has 0 aliphatic carbocycles. The van der Waals surface area contributed by atoms with Gasteiger partial charge in [-0.3, -0.25) is 14.9 Å². The van der Waals surface area contributed by atoms with Gasteiger partial charge >= 0.3 is 0 Å². The number of nitro benzene ring substituents is 1. The van der Waals surface area contributed by atoms with Crippen LogP contribution in [0.4, 0.5) is 5.69 Å². The lowest BCUT2D eigenvalue weighted by Gasteiger charge is -2.10. The van der Waals surface area contributed by atoms with Crippen LogP contribution in [0.1, 0.15) is 16.7 Å². The largest absolute Gasteiger partial charge is 0.497 e. The molecule has 152 valence electrons. The average Bonchev–Trinajstić information content (AvgIpc) is 2.78. The summed E-state index contributed by atoms with van der Waals surface area (Å²) in [6.45, 7) is 0.463. The van der Waals surface area contributed by atoms with Crippen LogP contribution in [-0.4, -0.2) is 24.5 Å². The van der Waals surface area contributed by atoms with Gasteiger partial charge < -0.3 is 10.1 Å². The number of carbonyl (C=O) groups excluding carboxylic acids is 1. The van der Waals surface area contributed by atoms with Gasteiger partial charge in [-0.1, -0.05) is 54.6 Å². The predicted octanol–water partition coefficient (Wildman–Crippen LogP) is 4.50. The second-order valence-corrected chi connectivity index (χ2v) is 6.63. The van der Waals surface area contributed by atoms with Crippen LogP contribution in [0.2, 0.25) is 0 Å². The molecule has 0 fully saturated rings. The van der Waals surface area contributed by atoms with Crippen molar-refractivity contribution in [1.82, 2.24) is 5.32 Å². The zero-order valence-corrected chi connectivity index (χ0v) is 16.6. The lowest BCUT2D eigenvalue weighted by molar-refractivity contribution is -0.384. The van der Waals surface area contributed by atoms with Gasteiger partial charge in [-0.05, 0) is 41.3 Å². The normalized spacial score (nSPS) is 11.0. The van der Waals surface area contributed by atoms with E-state index in [9.17, 15) is 14.9 Å². The first-order valence-electron chi connectivity index (χ1n) is 9.49. The maximum Gasteiger partial charge on any atom is 0.270 e. The lowest BCUT2D eigenvalue weighted by atomic mass is 10.0. The van der Waals surface area contributed by atoms with E-state index in [0.717, 1.165) is 16.9 Å². The van der Waals surface area contributed by atoms with E-state index in [4.69, 9.17) is 4.74 Å². The molecule has 0 saturated carbocycles. The molecule has 0 aromatic heterocycles. The molecule has 1 N–H and O–H groups in total. The van der Waals surface area contributed by atoms with E-state index < -0.39 is 4.92 Å². The molecule has 0 spiro atoms. The van der Waals surface area contributed by atoms with Gasteiger partial charge in [-0.25, -0.2) is 0 Å². The van der Waals surface area contributed by atoms with Gasteiger partial charge in [0.15, 0.2) is 0 Å². The van der Waals surface area contributed by atoms with Crippen LogP contribution < -0.4 is 10.1 Å². The number of ether oxygens (including phenoxy) is 1. The predicted molar refractivity (Wildman–Crippen MR) is 117 cm³/mol. The number of hydrogen-bond donors (Lipinski definition) is 1. The van der Waals surface area contributed by atoms with Gasteiger partial charge in [0.2, 0.25) is 0 Å². The fourth-order valence-electron chi connectivity index (χ4n) is 3.00. The van der Waals surface area contributed by atoms with Crippen molar-refractivity contribution < 1.29 is 14.5 Å². The van der Waals surface area contributed by atoms with Crippen molar-refractivity contribution in [3.63, 3.8) is 0 Å². The monoisotopic (exact) mass is 402 g/mol. The van der Waals surface area contributed by atoms with Crippen molar-refractivity contribution in [1.29, 1.82) is 0 Å². The molecule has 0 saturated heterocycles. The number of non-ortho nitro benzene ring substituents is 1. The van der Waals surface area contributed by atoms with E-state index in [-0.39, 0.29) is 11.6 Å². The molecule has 0 atom stereocenters. The lowest BCUT2D eigenvalue weighted by Crippen LogP contribution is -2.26. The average molecular weight is 402 g/mol. The van der Waals surface area contributed by atoms with Crippen LogP contribution >= 0.6 is 0 Å². The third-order valence-corrected chi connectivity index (χ3v) is 4.58. The number of methoxy groups -OCH3 is 1. The molecule has 3 aromatic carbocycles. The Labute approximate surface area is 175 Å². The minimum absolute atomic E-state index is 0.0175. The van der Waals surface area contributed by atoms with Crippen molar-refractivity contribution in [2.45, 2.75) is 6.42 Å². The van der Waals surface area contributed by atoms with E-state index in [2.05, 4.69) is 5.32 Å². The molecule has 0 radical (unpaired) electrons. The zero-order chi connectivity index (χ0) is 21.3. The molecule has 3 rings (SSSR count). The molecule has 0 unspecified atom stereocenters. The highest BCUT2D eigenvalue weighted by atomic mass is 16.6. The van der Waals surface area contributed by atoms with Crippen LogP contribution in [0.3, 0.4) is 0 Å². The Kier molecular flexibility index (Phi) is 6.95. The first kappa shape index (κ1) is 20.8. The molecule has 6 nitrogen and oxygen atoms in total. The number of rotatable bonds is 8. The smallest absolute Gasteiger partial charge is 0.270 e. The number of carbonyl (C=O) groups is 1. The third-order valence-electron chi connectivity index (χ3n) is 4.58. The fourth-order valence-corrected chi connectivity index (χ4v) is 3.00. The molecule has 30 heavy (non-hydrogen) atoms. The standard InChI is InChI=1S/C24H22N2O4/c1-30-22-12-10-18(11-13-22)14-15-25-24(27)23(20-7-3-2-4-8-20)17-19-6-5-9-21(16-19)26(28)29/h2-13,16-17H,14-15H2,1H3,(H,25,27)/b23-17+. The Morgan fingerprint density at radius 3 is 2.43 bits per heavy atom. The molecule has 0 aliphatic rings. The number of amides is 1. The highest BCUT2D eigenvalue weighted by molar-refractivity contribution is 6.24. The second-order valence-electron chi connectivity index (χ2n) is 6.63. The molecular weight excluding hydrogens is 380 g/mol. The summed E-state index contributed by atoms with van der Waals surface area (Å²) in [5.74, 6) is 0.551. The van der Waals surface area contributed by atoms with Crippen molar-refractivity contribution in [2.75, 3.05) is 13.7 Å². The maximum atomic E-state index is 12.9. The minimum atomic E-state index is -0.450. The van der Waals surface area contributed by atoms with E-state index in [1.54, 1.807) is 25.3 Å². The van der Waals surface area contributed by atoms with E-state index in [1.165, 1.54) is 12.1 Å². The van der Waals surface area contributed by atoms with Crippen molar-refractivity contribution >= 4 is 23.2 Å². The Morgan fingerprint density at radius 2 is 1.77 bits per heavy atom. The van der Waals surface area contributed by atoms with Gasteiger partial charge in [0.25, 0.3) is 11.6 Å². The molecule has 0 heterocycles. The molecular formula is C24H22N2O4. The summed E-state index contributed by atoms with van der Waals surface area (Å²) >= 11 is 0. The van der Waals surface area contributed by atoms with Crippen LogP contribution in [0.25, 0.3) is 11.6 Å². The highest BCUT2D eigenvalue weighted by Gasteiger charge is 2.13. The number of nitro groups is 1. The van der Waals surface area contributed by atoms with Gasteiger partial charge in [0.05, 0.1) is 12.0 Å². The third kappa shape index (κ3) is 5.54. The van der Waals surface area contributed by atoms with Gasteiger partial charge in [-0.2, -0.15) is 0 Å². The Balaban J connectivity index is 1.77. The van der Waals surface area contributed by atoms with Gasteiger partial charge in [0.1, 0.15) is 5.75 Å². The van der Waals surface area contributed by atoms with Gasteiger partial charge in [0, 0.05) is 24.3 Å². The molecule has 0 bridgehead atoms. The quantitative estimate of drug-likeness (QED) is 0.260. The van der Waals surface area contributed by atoms with Crippen molar-refractivity contribution in [2.24, 2.45) is 0 Å². The Morgan fingerprint density at radius 1 is 1.03 bits per heavy atom. The number of nitrogens with one attached hydrogen (secondary N) is 1. The number of benzene rings is 3. The summed E-state index contributed by atoms with van der Waals surface area (Å²) in [7, 11) is 1.62. The fraction of sp³-hybridized carbons (Fsp3) is 0.125. The van der Waals surface area contributed by atoms with E-state index in [1.807, 2.05) is 54.6 Å². The van der Waals surface area contributed by atoms with E-state index >= 15 is 0 Å². The SMILES string of the molecule is COc1ccc(CCNC(=O)/C(=C/c2cccc([N+](=O)[O-])c2)c2ccccc2)cc1. The van der Waals surface area contributed by atoms with Crippen LogP contribution in [0, 0.1) is 10.1 Å². The summed E-state index contributed by atoms with van der Waals surface area (Å²) in [5.41, 5.74) is 2.85. The summed E-state index contributed by atoms with van der Waals surface area (Å²) in [6, 6.07) is 23.2.